The van der Waals surface area contributed by atoms with E-state index in [0.717, 1.165) is 6.07 Å². The number of alkyl halides is 3. The Balaban J connectivity index is 2.76. The average molecular weight is 200 g/mol. The van der Waals surface area contributed by atoms with Crippen molar-refractivity contribution < 1.29 is 13.2 Å². The molecule has 0 bridgehead atoms. The Labute approximate surface area is 77.8 Å². The van der Waals surface area contributed by atoms with Crippen molar-refractivity contribution in [3.63, 3.8) is 0 Å². The number of hydrogen-bond acceptors (Lipinski definition) is 2. The minimum Gasteiger partial charge on any atom is -0.281 e. The molecule has 2 rings (SSSR count). The molecule has 1 aromatic carbocycles. The number of fused-ring (bicyclic) bond motifs is 1. The lowest BCUT2D eigenvalue weighted by Crippen LogP contribution is -2.36. The van der Waals surface area contributed by atoms with Gasteiger partial charge in [-0.05, 0) is 12.1 Å². The zero-order chi connectivity index (χ0) is 10.2. The number of rotatable bonds is 0. The van der Waals surface area contributed by atoms with E-state index in [2.05, 4.69) is 9.98 Å². The van der Waals surface area contributed by atoms with E-state index in [9.17, 15) is 13.2 Å². The molecule has 1 aliphatic rings. The average Bonchev–Trinajstić information content (AvgIpc) is 2.15. The van der Waals surface area contributed by atoms with Gasteiger partial charge in [0, 0.05) is 0 Å². The van der Waals surface area contributed by atoms with Crippen molar-refractivity contribution >= 4 is 0 Å². The van der Waals surface area contributed by atoms with E-state index in [0.29, 0.717) is 18.4 Å². The Kier molecular flexibility index (Phi) is 2.02. The van der Waals surface area contributed by atoms with Crippen LogP contribution in [-0.4, -0.2) is 13.1 Å². The van der Waals surface area contributed by atoms with Crippen LogP contribution in [0.25, 0.3) is 0 Å². The summed E-state index contributed by atoms with van der Waals surface area (Å²) in [5.41, 5.74) is -0.696. The topological polar surface area (TPSA) is 24.7 Å². The van der Waals surface area contributed by atoms with Crippen molar-refractivity contribution in [2.75, 3.05) is 13.1 Å². The Bertz CT molecular complexity index is 462. The Morgan fingerprint density at radius 2 is 1.79 bits per heavy atom. The maximum Gasteiger partial charge on any atom is 0.418 e. The second-order valence-electron chi connectivity index (χ2n) is 2.93. The smallest absolute Gasteiger partial charge is 0.281 e. The second kappa shape index (κ2) is 3.08. The number of nitrogens with zero attached hydrogens (tertiary/aromatic N) is 2. The van der Waals surface area contributed by atoms with Gasteiger partial charge in [-0.25, -0.2) is 0 Å². The van der Waals surface area contributed by atoms with E-state index in [1.165, 1.54) is 6.07 Å². The Morgan fingerprint density at radius 1 is 1.07 bits per heavy atom. The van der Waals surface area contributed by atoms with Crippen LogP contribution in [0.3, 0.4) is 0 Å². The number of para-hydroxylation sites is 1. The molecule has 2 nitrogen and oxygen atoms in total. The van der Waals surface area contributed by atoms with Crippen LogP contribution in [0.5, 0.6) is 0 Å². The van der Waals surface area contributed by atoms with Crippen molar-refractivity contribution in [1.82, 2.24) is 0 Å². The SMILES string of the molecule is FC(F)(F)c1cccc2c1=NCCN=2. The van der Waals surface area contributed by atoms with Crippen molar-refractivity contribution in [3.8, 4) is 0 Å². The first-order valence-electron chi connectivity index (χ1n) is 4.14. The summed E-state index contributed by atoms with van der Waals surface area (Å²) < 4.78 is 37.4. The summed E-state index contributed by atoms with van der Waals surface area (Å²) in [4.78, 5) is 7.82. The zero-order valence-electron chi connectivity index (χ0n) is 7.17. The fraction of sp³-hybridized carbons (Fsp3) is 0.333. The van der Waals surface area contributed by atoms with Gasteiger partial charge in [-0.3, -0.25) is 9.98 Å². The molecule has 74 valence electrons. The van der Waals surface area contributed by atoms with E-state index in [-0.39, 0.29) is 5.36 Å². The summed E-state index contributed by atoms with van der Waals surface area (Å²) in [5.74, 6) is 0. The van der Waals surface area contributed by atoms with Crippen molar-refractivity contribution in [2.24, 2.45) is 9.98 Å². The van der Waals surface area contributed by atoms with Crippen LogP contribution in [0, 0.1) is 0 Å². The highest BCUT2D eigenvalue weighted by Gasteiger charge is 2.32. The minimum absolute atomic E-state index is 0.0220. The van der Waals surface area contributed by atoms with E-state index in [4.69, 9.17) is 0 Å². The molecule has 1 heterocycles. The molecular formula is C9H7F3N2. The monoisotopic (exact) mass is 200 g/mol. The van der Waals surface area contributed by atoms with E-state index >= 15 is 0 Å². The third-order valence-corrected chi connectivity index (χ3v) is 1.97. The van der Waals surface area contributed by atoms with Gasteiger partial charge in [0.25, 0.3) is 0 Å². The van der Waals surface area contributed by atoms with E-state index < -0.39 is 11.7 Å². The highest BCUT2D eigenvalue weighted by molar-refractivity contribution is 5.18. The first-order chi connectivity index (χ1) is 6.59. The molecule has 5 heteroatoms. The Morgan fingerprint density at radius 3 is 2.50 bits per heavy atom. The molecule has 0 saturated heterocycles. The summed E-state index contributed by atoms with van der Waals surface area (Å²) in [7, 11) is 0. The molecule has 0 radical (unpaired) electrons. The summed E-state index contributed by atoms with van der Waals surface area (Å²) in [5, 5.41) is 0.317. The molecular weight excluding hydrogens is 193 g/mol. The summed E-state index contributed by atoms with van der Waals surface area (Å²) >= 11 is 0. The van der Waals surface area contributed by atoms with Crippen molar-refractivity contribution in [1.29, 1.82) is 0 Å². The first kappa shape index (κ1) is 9.18. The number of hydrogen-bond donors (Lipinski definition) is 0. The van der Waals surface area contributed by atoms with Crippen molar-refractivity contribution in [3.05, 3.63) is 34.5 Å². The van der Waals surface area contributed by atoms with Gasteiger partial charge in [0.1, 0.15) is 0 Å². The summed E-state index contributed by atoms with van der Waals surface area (Å²) in [6.45, 7) is 0.800. The van der Waals surface area contributed by atoms with E-state index in [1.807, 2.05) is 0 Å². The predicted molar refractivity (Wildman–Crippen MR) is 43.5 cm³/mol. The van der Waals surface area contributed by atoms with Crippen LogP contribution >= 0.6 is 0 Å². The maximum atomic E-state index is 12.5. The predicted octanol–water partition coefficient (Wildman–Crippen LogP) is 0.958. The molecule has 1 aromatic rings. The lowest BCUT2D eigenvalue weighted by atomic mass is 10.2. The van der Waals surface area contributed by atoms with Crippen LogP contribution < -0.4 is 10.7 Å². The molecule has 0 saturated carbocycles. The number of halogens is 3. The standard InChI is InChI=1S/C9H7F3N2/c10-9(11,12)6-2-1-3-7-8(6)14-5-4-13-7/h1-3H,4-5H2. The Hall–Kier alpha value is -1.39. The van der Waals surface area contributed by atoms with Gasteiger partial charge in [0.05, 0.1) is 29.4 Å². The molecule has 14 heavy (non-hydrogen) atoms. The summed E-state index contributed by atoms with van der Waals surface area (Å²) in [6, 6.07) is 3.93. The van der Waals surface area contributed by atoms with Gasteiger partial charge >= 0.3 is 6.18 Å². The molecule has 0 aliphatic carbocycles. The van der Waals surface area contributed by atoms with Gasteiger partial charge in [0.15, 0.2) is 0 Å². The lowest BCUT2D eigenvalue weighted by Gasteiger charge is -2.08. The summed E-state index contributed by atoms with van der Waals surface area (Å²) in [6.07, 6.45) is -4.35. The molecule has 0 aromatic heterocycles. The van der Waals surface area contributed by atoms with E-state index in [1.54, 1.807) is 6.07 Å². The van der Waals surface area contributed by atoms with Crippen LogP contribution in [0.4, 0.5) is 13.2 Å². The zero-order valence-corrected chi connectivity index (χ0v) is 7.17. The van der Waals surface area contributed by atoms with Gasteiger partial charge in [-0.1, -0.05) is 6.07 Å². The first-order valence-corrected chi connectivity index (χ1v) is 4.14. The minimum atomic E-state index is -4.35. The normalized spacial score (nSPS) is 15.4. The van der Waals surface area contributed by atoms with Crippen molar-refractivity contribution in [2.45, 2.75) is 6.18 Å². The molecule has 0 unspecified atom stereocenters. The largest absolute Gasteiger partial charge is 0.418 e. The fourth-order valence-electron chi connectivity index (χ4n) is 1.39. The highest BCUT2D eigenvalue weighted by Crippen LogP contribution is 2.25. The van der Waals surface area contributed by atoms with Gasteiger partial charge in [0.2, 0.25) is 0 Å². The maximum absolute atomic E-state index is 12.5. The highest BCUT2D eigenvalue weighted by atomic mass is 19.4. The number of benzene rings is 1. The quantitative estimate of drug-likeness (QED) is 0.596. The van der Waals surface area contributed by atoms with Gasteiger partial charge < -0.3 is 0 Å². The lowest BCUT2D eigenvalue weighted by molar-refractivity contribution is -0.138. The van der Waals surface area contributed by atoms with Gasteiger partial charge in [-0.2, -0.15) is 13.2 Å². The fourth-order valence-corrected chi connectivity index (χ4v) is 1.39. The molecule has 0 atom stereocenters. The van der Waals surface area contributed by atoms with Crippen LogP contribution in [0.1, 0.15) is 5.56 Å². The van der Waals surface area contributed by atoms with Crippen LogP contribution in [0.2, 0.25) is 0 Å². The molecule has 1 aliphatic heterocycles. The van der Waals surface area contributed by atoms with Gasteiger partial charge in [-0.15, -0.1) is 0 Å². The molecule has 0 fully saturated rings. The third kappa shape index (κ3) is 1.49. The third-order valence-electron chi connectivity index (χ3n) is 1.97. The van der Waals surface area contributed by atoms with Crippen LogP contribution in [-0.2, 0) is 6.18 Å². The molecule has 0 amide bonds. The second-order valence-corrected chi connectivity index (χ2v) is 2.93. The molecule has 0 N–H and O–H groups in total. The van der Waals surface area contributed by atoms with Crippen LogP contribution in [0.15, 0.2) is 28.2 Å². The molecule has 0 spiro atoms.